The molecule has 2 aromatic rings. The summed E-state index contributed by atoms with van der Waals surface area (Å²) < 4.78 is 0. The SMILES string of the molecule is O=C(CCc1ccc(Cc2ccccc2)nn1)NC1=CSCCC1C(=O)O. The van der Waals surface area contributed by atoms with Gasteiger partial charge in [0.15, 0.2) is 0 Å². The lowest BCUT2D eigenvalue weighted by Gasteiger charge is -2.20. The van der Waals surface area contributed by atoms with Gasteiger partial charge in [-0.3, -0.25) is 9.59 Å². The van der Waals surface area contributed by atoms with Crippen LogP contribution in [0.5, 0.6) is 0 Å². The molecular weight excluding hydrogens is 362 g/mol. The zero-order valence-corrected chi connectivity index (χ0v) is 15.6. The predicted octanol–water partition coefficient (Wildman–Crippen LogP) is 2.80. The maximum Gasteiger partial charge on any atom is 0.312 e. The molecule has 2 heterocycles. The summed E-state index contributed by atoms with van der Waals surface area (Å²) in [5.74, 6) is -0.986. The summed E-state index contributed by atoms with van der Waals surface area (Å²) in [6.07, 6.45) is 1.95. The number of hydrogen-bond donors (Lipinski definition) is 2. The molecule has 1 aromatic carbocycles. The summed E-state index contributed by atoms with van der Waals surface area (Å²) in [5, 5.41) is 22.1. The van der Waals surface area contributed by atoms with Gasteiger partial charge >= 0.3 is 5.97 Å². The molecule has 0 radical (unpaired) electrons. The third kappa shape index (κ3) is 5.65. The Morgan fingerprint density at radius 3 is 2.56 bits per heavy atom. The maximum absolute atomic E-state index is 12.2. The smallest absolute Gasteiger partial charge is 0.312 e. The second kappa shape index (κ2) is 9.32. The Bertz CT molecular complexity index is 822. The van der Waals surface area contributed by atoms with Crippen LogP contribution in [0.1, 0.15) is 29.8 Å². The Morgan fingerprint density at radius 1 is 1.11 bits per heavy atom. The predicted molar refractivity (Wildman–Crippen MR) is 104 cm³/mol. The van der Waals surface area contributed by atoms with Gasteiger partial charge in [-0.15, -0.1) is 11.8 Å². The number of rotatable bonds is 7. The van der Waals surface area contributed by atoms with Crippen LogP contribution in [-0.2, 0) is 22.4 Å². The van der Waals surface area contributed by atoms with Gasteiger partial charge < -0.3 is 10.4 Å². The summed E-state index contributed by atoms with van der Waals surface area (Å²) in [5.41, 5.74) is 3.27. The Hall–Kier alpha value is -2.67. The van der Waals surface area contributed by atoms with Crippen molar-refractivity contribution in [1.29, 1.82) is 0 Å². The van der Waals surface area contributed by atoms with Crippen molar-refractivity contribution < 1.29 is 14.7 Å². The van der Waals surface area contributed by atoms with Crippen LogP contribution in [0.15, 0.2) is 53.6 Å². The lowest BCUT2D eigenvalue weighted by atomic mass is 10.0. The number of carboxylic acid groups (broad SMARTS) is 1. The lowest BCUT2D eigenvalue weighted by molar-refractivity contribution is -0.140. The number of aryl methyl sites for hydroxylation is 1. The summed E-state index contributed by atoms with van der Waals surface area (Å²) in [4.78, 5) is 23.4. The highest BCUT2D eigenvalue weighted by Crippen LogP contribution is 2.25. The van der Waals surface area contributed by atoms with Crippen LogP contribution in [0.4, 0.5) is 0 Å². The highest BCUT2D eigenvalue weighted by atomic mass is 32.2. The number of nitrogens with one attached hydrogen (secondary N) is 1. The molecule has 27 heavy (non-hydrogen) atoms. The van der Waals surface area contributed by atoms with E-state index in [2.05, 4.69) is 15.5 Å². The van der Waals surface area contributed by atoms with Gasteiger partial charge in [0.25, 0.3) is 0 Å². The van der Waals surface area contributed by atoms with Crippen LogP contribution >= 0.6 is 11.8 Å². The van der Waals surface area contributed by atoms with Crippen LogP contribution < -0.4 is 5.32 Å². The van der Waals surface area contributed by atoms with E-state index in [-0.39, 0.29) is 12.3 Å². The normalized spacial score (nSPS) is 16.4. The van der Waals surface area contributed by atoms with E-state index >= 15 is 0 Å². The van der Waals surface area contributed by atoms with Gasteiger partial charge in [0.1, 0.15) is 0 Å². The maximum atomic E-state index is 12.2. The first-order chi connectivity index (χ1) is 13.1. The van der Waals surface area contributed by atoms with Crippen molar-refractivity contribution in [3.63, 3.8) is 0 Å². The van der Waals surface area contributed by atoms with Crippen molar-refractivity contribution in [2.45, 2.75) is 25.7 Å². The first-order valence-corrected chi connectivity index (χ1v) is 9.86. The molecule has 1 aliphatic heterocycles. The van der Waals surface area contributed by atoms with Crippen LogP contribution in [0.25, 0.3) is 0 Å². The Kier molecular flexibility index (Phi) is 6.59. The largest absolute Gasteiger partial charge is 0.481 e. The molecule has 1 amide bonds. The molecule has 0 spiro atoms. The van der Waals surface area contributed by atoms with E-state index in [9.17, 15) is 14.7 Å². The fourth-order valence-electron chi connectivity index (χ4n) is 2.83. The molecule has 1 atom stereocenters. The minimum absolute atomic E-state index is 0.204. The van der Waals surface area contributed by atoms with Gasteiger partial charge in [-0.1, -0.05) is 30.3 Å². The second-order valence-electron chi connectivity index (χ2n) is 6.35. The topological polar surface area (TPSA) is 92.2 Å². The van der Waals surface area contributed by atoms with E-state index in [0.717, 1.165) is 23.6 Å². The van der Waals surface area contributed by atoms with Gasteiger partial charge in [0, 0.05) is 25.0 Å². The first-order valence-electron chi connectivity index (χ1n) is 8.81. The molecule has 1 unspecified atom stereocenters. The van der Waals surface area contributed by atoms with Crippen molar-refractivity contribution in [3.8, 4) is 0 Å². The molecule has 6 nitrogen and oxygen atoms in total. The molecule has 140 valence electrons. The quantitative estimate of drug-likeness (QED) is 0.764. The Balaban J connectivity index is 1.50. The van der Waals surface area contributed by atoms with Crippen LogP contribution in [0.2, 0.25) is 0 Å². The summed E-state index contributed by atoms with van der Waals surface area (Å²) in [7, 11) is 0. The number of hydrogen-bond acceptors (Lipinski definition) is 5. The van der Waals surface area contributed by atoms with E-state index < -0.39 is 11.9 Å². The monoisotopic (exact) mass is 383 g/mol. The van der Waals surface area contributed by atoms with E-state index in [1.54, 1.807) is 5.41 Å². The zero-order chi connectivity index (χ0) is 19.1. The number of aromatic nitrogens is 2. The molecule has 1 aromatic heterocycles. The van der Waals surface area contributed by atoms with Gasteiger partial charge in [-0.25, -0.2) is 0 Å². The highest BCUT2D eigenvalue weighted by Gasteiger charge is 2.26. The van der Waals surface area contributed by atoms with E-state index in [1.165, 1.54) is 17.3 Å². The number of benzene rings is 1. The number of aliphatic carboxylic acids is 1. The molecule has 0 fully saturated rings. The average Bonchev–Trinajstić information content (AvgIpc) is 2.68. The number of carbonyl (C=O) groups is 2. The zero-order valence-electron chi connectivity index (χ0n) is 14.8. The van der Waals surface area contributed by atoms with Gasteiger partial charge in [-0.05, 0) is 35.3 Å². The number of carbonyl (C=O) groups excluding carboxylic acids is 1. The summed E-state index contributed by atoms with van der Waals surface area (Å²) >= 11 is 1.52. The van der Waals surface area contributed by atoms with Crippen molar-refractivity contribution in [1.82, 2.24) is 15.5 Å². The number of thioether (sulfide) groups is 1. The Labute approximate surface area is 162 Å². The second-order valence-corrected chi connectivity index (χ2v) is 7.33. The third-order valence-corrected chi connectivity index (χ3v) is 5.20. The average molecular weight is 383 g/mol. The van der Waals surface area contributed by atoms with Crippen LogP contribution in [0, 0.1) is 5.92 Å². The summed E-state index contributed by atoms with van der Waals surface area (Å²) in [6, 6.07) is 13.9. The van der Waals surface area contributed by atoms with Crippen LogP contribution in [0.3, 0.4) is 0 Å². The molecule has 0 saturated heterocycles. The number of nitrogens with zero attached hydrogens (tertiary/aromatic N) is 2. The van der Waals surface area contributed by atoms with Crippen molar-refractivity contribution >= 4 is 23.6 Å². The van der Waals surface area contributed by atoms with E-state index in [0.29, 0.717) is 18.5 Å². The fourth-order valence-corrected chi connectivity index (χ4v) is 3.72. The Morgan fingerprint density at radius 2 is 1.85 bits per heavy atom. The molecule has 0 saturated carbocycles. The van der Waals surface area contributed by atoms with E-state index in [1.807, 2.05) is 42.5 Å². The van der Waals surface area contributed by atoms with Crippen molar-refractivity contribution in [2.75, 3.05) is 5.75 Å². The minimum Gasteiger partial charge on any atom is -0.481 e. The van der Waals surface area contributed by atoms with E-state index in [4.69, 9.17) is 0 Å². The van der Waals surface area contributed by atoms with Gasteiger partial charge in [0.05, 0.1) is 17.3 Å². The molecular formula is C20H21N3O3S. The highest BCUT2D eigenvalue weighted by molar-refractivity contribution is 8.02. The van der Waals surface area contributed by atoms with Gasteiger partial charge in [-0.2, -0.15) is 10.2 Å². The minimum atomic E-state index is -0.901. The van der Waals surface area contributed by atoms with Crippen molar-refractivity contribution in [2.24, 2.45) is 5.92 Å². The molecule has 0 aliphatic carbocycles. The standard InChI is InChI=1S/C20H21N3O3S/c24-19(21-18-13-27-11-10-17(18)20(25)26)9-8-15-6-7-16(23-22-15)12-14-4-2-1-3-5-14/h1-7,13,17H,8-12H2,(H,21,24)(H,25,26). The molecule has 2 N–H and O–H groups in total. The molecule has 1 aliphatic rings. The van der Waals surface area contributed by atoms with Crippen LogP contribution in [-0.4, -0.2) is 32.9 Å². The summed E-state index contributed by atoms with van der Waals surface area (Å²) in [6.45, 7) is 0. The molecule has 3 rings (SSSR count). The first kappa shape index (κ1) is 19.1. The number of amides is 1. The number of carboxylic acids is 1. The third-order valence-electron chi connectivity index (χ3n) is 4.30. The lowest BCUT2D eigenvalue weighted by Crippen LogP contribution is -2.32. The fraction of sp³-hybridized carbons (Fsp3) is 0.300. The molecule has 7 heteroatoms. The van der Waals surface area contributed by atoms with Crippen molar-refractivity contribution in [3.05, 3.63) is 70.5 Å². The van der Waals surface area contributed by atoms with Gasteiger partial charge in [0.2, 0.25) is 5.91 Å². The molecule has 0 bridgehead atoms.